The van der Waals surface area contributed by atoms with Crippen molar-refractivity contribution in [1.82, 2.24) is 0 Å². The molecule has 1 heterocycles. The highest BCUT2D eigenvalue weighted by Gasteiger charge is 2.48. The van der Waals surface area contributed by atoms with Crippen LogP contribution in [0.1, 0.15) is 251 Å². The van der Waals surface area contributed by atoms with Crippen LogP contribution in [-0.2, 0) is 38.3 Å². The van der Waals surface area contributed by atoms with Crippen LogP contribution in [0.5, 0.6) is 0 Å². The van der Waals surface area contributed by atoms with Crippen molar-refractivity contribution in [3.8, 4) is 0 Å². The number of aliphatic hydroxyl groups is 3. The third-order valence-electron chi connectivity index (χ3n) is 12.5. The topological polar surface area (TPSA) is 178 Å². The SMILES string of the molecule is CCCCCCCCCCCCCCCCCCCCCCCC(=O)OC(COCCCCCCCCCCCCCCCCC)COC1OC(CO)C(O)C(OS(=O)(=O)O)C1O. The van der Waals surface area contributed by atoms with Crippen LogP contribution in [0.2, 0.25) is 0 Å². The van der Waals surface area contributed by atoms with E-state index < -0.39 is 59.8 Å². The molecule has 0 amide bonds. The average molecular weight is 923 g/mol. The summed E-state index contributed by atoms with van der Waals surface area (Å²) in [6.07, 6.45) is 37.1. The van der Waals surface area contributed by atoms with Crippen LogP contribution in [0.15, 0.2) is 0 Å². The molecule has 0 aromatic carbocycles. The van der Waals surface area contributed by atoms with Crippen molar-refractivity contribution in [2.75, 3.05) is 26.4 Å². The van der Waals surface area contributed by atoms with Gasteiger partial charge < -0.3 is 34.3 Å². The van der Waals surface area contributed by atoms with E-state index in [1.165, 1.54) is 186 Å². The summed E-state index contributed by atoms with van der Waals surface area (Å²) < 4.78 is 59.3. The van der Waals surface area contributed by atoms with Crippen molar-refractivity contribution in [3.63, 3.8) is 0 Å². The lowest BCUT2D eigenvalue weighted by Gasteiger charge is -2.41. The first-order valence-electron chi connectivity index (χ1n) is 26.3. The highest BCUT2D eigenvalue weighted by atomic mass is 32.3. The predicted molar refractivity (Wildman–Crippen MR) is 253 cm³/mol. The van der Waals surface area contributed by atoms with Crippen LogP contribution in [0.25, 0.3) is 0 Å². The fourth-order valence-electron chi connectivity index (χ4n) is 8.50. The Balaban J connectivity index is 2.32. The van der Waals surface area contributed by atoms with Crippen molar-refractivity contribution in [2.24, 2.45) is 0 Å². The Labute approximate surface area is 386 Å². The monoisotopic (exact) mass is 923 g/mol. The molecule has 0 saturated carbocycles. The van der Waals surface area contributed by atoms with E-state index in [-0.39, 0.29) is 19.6 Å². The molecule has 63 heavy (non-hydrogen) atoms. The molecule has 1 fully saturated rings. The molecule has 0 aromatic rings. The molecular formula is C50H98O12S. The van der Waals surface area contributed by atoms with E-state index in [4.69, 9.17) is 18.9 Å². The van der Waals surface area contributed by atoms with Gasteiger partial charge in [-0.25, -0.2) is 4.18 Å². The summed E-state index contributed by atoms with van der Waals surface area (Å²) in [5.74, 6) is -0.390. The van der Waals surface area contributed by atoms with Crippen LogP contribution < -0.4 is 0 Å². The molecule has 0 bridgehead atoms. The molecule has 6 atom stereocenters. The molecule has 1 rings (SSSR count). The predicted octanol–water partition coefficient (Wildman–Crippen LogP) is 12.0. The number of hydrogen-bond donors (Lipinski definition) is 4. The normalized spacial score (nSPS) is 19.7. The fourth-order valence-corrected chi connectivity index (χ4v) is 9.01. The maximum Gasteiger partial charge on any atom is 0.397 e. The third-order valence-corrected chi connectivity index (χ3v) is 12.9. The van der Waals surface area contributed by atoms with Gasteiger partial charge in [0.1, 0.15) is 30.5 Å². The maximum atomic E-state index is 12.9. The van der Waals surface area contributed by atoms with Crippen LogP contribution in [0.4, 0.5) is 0 Å². The average Bonchev–Trinajstić information content (AvgIpc) is 3.26. The highest BCUT2D eigenvalue weighted by Crippen LogP contribution is 2.26. The number of esters is 1. The molecule has 1 saturated heterocycles. The second kappa shape index (κ2) is 42.5. The minimum Gasteiger partial charge on any atom is -0.457 e. The van der Waals surface area contributed by atoms with Crippen molar-refractivity contribution >= 4 is 16.4 Å². The van der Waals surface area contributed by atoms with Gasteiger partial charge in [-0.1, -0.05) is 232 Å². The summed E-state index contributed by atoms with van der Waals surface area (Å²) in [5, 5.41) is 30.7. The Bertz CT molecular complexity index is 1110. The van der Waals surface area contributed by atoms with Gasteiger partial charge in [0.05, 0.1) is 19.8 Å². The lowest BCUT2D eigenvalue weighted by Crippen LogP contribution is -2.60. The zero-order valence-corrected chi connectivity index (χ0v) is 41.2. The summed E-state index contributed by atoms with van der Waals surface area (Å²) in [7, 11) is -5.06. The van der Waals surface area contributed by atoms with Crippen LogP contribution in [0, 0.1) is 0 Å². The first-order valence-corrected chi connectivity index (χ1v) is 27.7. The van der Waals surface area contributed by atoms with Gasteiger partial charge in [0, 0.05) is 13.0 Å². The third kappa shape index (κ3) is 35.9. The number of carbonyl (C=O) groups excluding carboxylic acids is 1. The minimum atomic E-state index is -5.06. The Morgan fingerprint density at radius 1 is 0.540 bits per heavy atom. The molecular weight excluding hydrogens is 825 g/mol. The molecule has 376 valence electrons. The summed E-state index contributed by atoms with van der Waals surface area (Å²) in [6.45, 7) is 4.06. The Hall–Kier alpha value is -0.900. The second-order valence-electron chi connectivity index (χ2n) is 18.5. The van der Waals surface area contributed by atoms with Crippen molar-refractivity contribution in [1.29, 1.82) is 0 Å². The zero-order chi connectivity index (χ0) is 46.1. The van der Waals surface area contributed by atoms with E-state index in [0.29, 0.717) is 13.0 Å². The number of aliphatic hydroxyl groups excluding tert-OH is 3. The summed E-state index contributed by atoms with van der Waals surface area (Å²) in [4.78, 5) is 12.9. The van der Waals surface area contributed by atoms with Gasteiger partial charge in [0.2, 0.25) is 0 Å². The molecule has 1 aliphatic heterocycles. The van der Waals surface area contributed by atoms with E-state index in [0.717, 1.165) is 38.5 Å². The number of carbonyl (C=O) groups is 1. The summed E-state index contributed by atoms with van der Waals surface area (Å²) in [6, 6.07) is 0. The van der Waals surface area contributed by atoms with Gasteiger partial charge in [-0.15, -0.1) is 0 Å². The number of unbranched alkanes of at least 4 members (excludes halogenated alkanes) is 34. The second-order valence-corrected chi connectivity index (χ2v) is 19.5. The molecule has 0 radical (unpaired) electrons. The zero-order valence-electron chi connectivity index (χ0n) is 40.4. The van der Waals surface area contributed by atoms with Gasteiger partial charge >= 0.3 is 16.4 Å². The Morgan fingerprint density at radius 2 is 0.905 bits per heavy atom. The van der Waals surface area contributed by atoms with E-state index in [2.05, 4.69) is 18.0 Å². The molecule has 12 nitrogen and oxygen atoms in total. The first-order chi connectivity index (χ1) is 30.6. The number of rotatable bonds is 47. The largest absolute Gasteiger partial charge is 0.457 e. The van der Waals surface area contributed by atoms with Gasteiger partial charge in [0.15, 0.2) is 6.29 Å². The van der Waals surface area contributed by atoms with Crippen molar-refractivity contribution in [2.45, 2.75) is 288 Å². The molecule has 6 unspecified atom stereocenters. The van der Waals surface area contributed by atoms with E-state index >= 15 is 0 Å². The fraction of sp³-hybridized carbons (Fsp3) is 0.980. The van der Waals surface area contributed by atoms with Gasteiger partial charge in [-0.05, 0) is 12.8 Å². The molecule has 4 N–H and O–H groups in total. The lowest BCUT2D eigenvalue weighted by atomic mass is 9.99. The number of ether oxygens (including phenoxy) is 4. The Morgan fingerprint density at radius 3 is 1.27 bits per heavy atom. The molecule has 0 aliphatic carbocycles. The van der Waals surface area contributed by atoms with E-state index in [1.54, 1.807) is 0 Å². The van der Waals surface area contributed by atoms with Crippen LogP contribution in [0.3, 0.4) is 0 Å². The molecule has 0 spiro atoms. The van der Waals surface area contributed by atoms with Crippen LogP contribution >= 0.6 is 0 Å². The van der Waals surface area contributed by atoms with Crippen molar-refractivity contribution in [3.05, 3.63) is 0 Å². The first kappa shape index (κ1) is 60.1. The standard InChI is InChI=1S/C50H98O12S/c1-3-5-7-9-11-13-15-17-19-20-21-22-23-24-25-27-29-31-33-35-37-39-46(52)60-44(43-59-50-48(54)49(62-63(55,56)57)47(53)45(41-51)61-50)42-58-40-38-36-34-32-30-28-26-18-16-14-12-10-8-6-4-2/h44-45,47-51,53-54H,3-43H2,1-2H3,(H,55,56,57). The molecule has 0 aromatic heterocycles. The number of hydrogen-bond acceptors (Lipinski definition) is 11. The highest BCUT2D eigenvalue weighted by molar-refractivity contribution is 7.80. The molecule has 13 heteroatoms. The lowest BCUT2D eigenvalue weighted by molar-refractivity contribution is -0.301. The van der Waals surface area contributed by atoms with E-state index in [9.17, 15) is 33.1 Å². The van der Waals surface area contributed by atoms with E-state index in [1.807, 2.05) is 0 Å². The summed E-state index contributed by atoms with van der Waals surface area (Å²) in [5.41, 5.74) is 0. The quantitative estimate of drug-likeness (QED) is 0.0258. The smallest absolute Gasteiger partial charge is 0.397 e. The van der Waals surface area contributed by atoms with Crippen LogP contribution in [-0.4, -0.2) is 97.5 Å². The van der Waals surface area contributed by atoms with Gasteiger partial charge in [0.25, 0.3) is 0 Å². The minimum absolute atomic E-state index is 0.0451. The van der Waals surface area contributed by atoms with Crippen molar-refractivity contribution < 1.29 is 56.2 Å². The van der Waals surface area contributed by atoms with Gasteiger partial charge in [-0.2, -0.15) is 8.42 Å². The maximum absolute atomic E-state index is 12.9. The Kier molecular flexibility index (Phi) is 40.5. The summed E-state index contributed by atoms with van der Waals surface area (Å²) >= 11 is 0. The molecule has 1 aliphatic rings. The van der Waals surface area contributed by atoms with Gasteiger partial charge in [-0.3, -0.25) is 9.35 Å².